The van der Waals surface area contributed by atoms with Crippen LogP contribution in [0.3, 0.4) is 0 Å². The molecule has 20 heavy (non-hydrogen) atoms. The number of ether oxygens (including phenoxy) is 1. The Bertz CT molecular complexity index is 660. The van der Waals surface area contributed by atoms with Crippen molar-refractivity contribution in [3.05, 3.63) is 28.5 Å². The van der Waals surface area contributed by atoms with E-state index in [1.807, 2.05) is 29.7 Å². The highest BCUT2D eigenvalue weighted by molar-refractivity contribution is 7.71. The summed E-state index contributed by atoms with van der Waals surface area (Å²) in [7, 11) is 1.61. The normalized spacial score (nSPS) is 10.9. The fourth-order valence-electron chi connectivity index (χ4n) is 2.14. The molecule has 2 N–H and O–H groups in total. The van der Waals surface area contributed by atoms with Gasteiger partial charge in [0, 0.05) is 26.6 Å². The number of methoxy groups -OCH3 is 1. The minimum absolute atomic E-state index is 0.00551. The highest BCUT2D eigenvalue weighted by Crippen LogP contribution is 2.18. The van der Waals surface area contributed by atoms with E-state index in [0.717, 1.165) is 16.6 Å². The van der Waals surface area contributed by atoms with Crippen LogP contribution in [0.15, 0.2) is 18.2 Å². The predicted octanol–water partition coefficient (Wildman–Crippen LogP) is 2.16. The molecule has 1 amide bonds. The van der Waals surface area contributed by atoms with Crippen LogP contribution in [0.2, 0.25) is 0 Å². The van der Waals surface area contributed by atoms with Gasteiger partial charge in [0.2, 0.25) is 5.91 Å². The number of amides is 1. The monoisotopic (exact) mass is 293 g/mol. The standard InChI is InChI=1S/C14H19N3O2S/c1-10-4-3-5-11-13(10)16-14(20)17(11)8-6-12(18)15-7-9-19-2/h3-5H,6-9H2,1-2H3,(H,15,18)(H,16,20). The minimum Gasteiger partial charge on any atom is -0.383 e. The third-order valence-electron chi connectivity index (χ3n) is 3.21. The quantitative estimate of drug-likeness (QED) is 0.634. The van der Waals surface area contributed by atoms with Crippen LogP contribution in [0, 0.1) is 11.7 Å². The lowest BCUT2D eigenvalue weighted by Crippen LogP contribution is -2.27. The Morgan fingerprint density at radius 1 is 1.50 bits per heavy atom. The molecule has 1 aromatic heterocycles. The Balaban J connectivity index is 2.07. The Hall–Kier alpha value is -1.66. The molecule has 2 rings (SSSR count). The molecule has 5 nitrogen and oxygen atoms in total. The Morgan fingerprint density at radius 2 is 2.30 bits per heavy atom. The van der Waals surface area contributed by atoms with Gasteiger partial charge >= 0.3 is 0 Å². The van der Waals surface area contributed by atoms with E-state index in [1.165, 1.54) is 0 Å². The zero-order valence-electron chi connectivity index (χ0n) is 11.7. The highest BCUT2D eigenvalue weighted by Gasteiger charge is 2.08. The second-order valence-electron chi connectivity index (χ2n) is 4.64. The molecule has 0 aliphatic heterocycles. The molecule has 0 aliphatic rings. The molecule has 2 aromatic rings. The zero-order valence-corrected chi connectivity index (χ0v) is 12.5. The van der Waals surface area contributed by atoms with Crippen molar-refractivity contribution in [1.29, 1.82) is 0 Å². The van der Waals surface area contributed by atoms with E-state index >= 15 is 0 Å². The number of aromatic amines is 1. The van der Waals surface area contributed by atoms with E-state index in [1.54, 1.807) is 7.11 Å². The van der Waals surface area contributed by atoms with Crippen LogP contribution in [0.5, 0.6) is 0 Å². The summed E-state index contributed by atoms with van der Waals surface area (Å²) >= 11 is 5.33. The summed E-state index contributed by atoms with van der Waals surface area (Å²) in [6.07, 6.45) is 0.402. The first-order valence-electron chi connectivity index (χ1n) is 6.57. The highest BCUT2D eigenvalue weighted by atomic mass is 32.1. The van der Waals surface area contributed by atoms with Crippen LogP contribution in [-0.4, -0.2) is 35.7 Å². The van der Waals surface area contributed by atoms with Crippen molar-refractivity contribution in [2.45, 2.75) is 19.9 Å². The van der Waals surface area contributed by atoms with E-state index in [9.17, 15) is 4.79 Å². The van der Waals surface area contributed by atoms with Crippen molar-refractivity contribution < 1.29 is 9.53 Å². The molecule has 1 aromatic carbocycles. The number of carbonyl (C=O) groups excluding carboxylic acids is 1. The van der Waals surface area contributed by atoms with Gasteiger partial charge in [-0.15, -0.1) is 0 Å². The number of aryl methyl sites for hydroxylation is 2. The molecule has 1 heterocycles. The molecule has 0 atom stereocenters. The molecule has 0 aliphatic carbocycles. The Labute approximate surface area is 122 Å². The number of para-hydroxylation sites is 1. The van der Waals surface area contributed by atoms with Crippen LogP contribution in [0.4, 0.5) is 0 Å². The number of benzene rings is 1. The maximum Gasteiger partial charge on any atom is 0.221 e. The number of H-pyrrole nitrogens is 1. The van der Waals surface area contributed by atoms with Gasteiger partial charge in [0.15, 0.2) is 4.77 Å². The van der Waals surface area contributed by atoms with Crippen LogP contribution >= 0.6 is 12.2 Å². The van der Waals surface area contributed by atoms with Crippen molar-refractivity contribution in [3.63, 3.8) is 0 Å². The second-order valence-corrected chi connectivity index (χ2v) is 5.03. The fraction of sp³-hybridized carbons (Fsp3) is 0.429. The summed E-state index contributed by atoms with van der Waals surface area (Å²) in [4.78, 5) is 14.9. The van der Waals surface area contributed by atoms with Crippen LogP contribution in [-0.2, 0) is 16.1 Å². The van der Waals surface area contributed by atoms with Gasteiger partial charge in [0.05, 0.1) is 17.6 Å². The van der Waals surface area contributed by atoms with Gasteiger partial charge < -0.3 is 19.6 Å². The number of nitrogens with one attached hydrogen (secondary N) is 2. The molecule has 0 unspecified atom stereocenters. The molecule has 0 fully saturated rings. The third kappa shape index (κ3) is 3.26. The lowest BCUT2D eigenvalue weighted by atomic mass is 10.2. The maximum atomic E-state index is 11.7. The lowest BCUT2D eigenvalue weighted by molar-refractivity contribution is -0.121. The topological polar surface area (TPSA) is 59.0 Å². The molecule has 108 valence electrons. The molecular weight excluding hydrogens is 274 g/mol. The first-order valence-corrected chi connectivity index (χ1v) is 6.98. The summed E-state index contributed by atoms with van der Waals surface area (Å²) < 4.78 is 7.51. The third-order valence-corrected chi connectivity index (χ3v) is 3.53. The van der Waals surface area contributed by atoms with E-state index in [-0.39, 0.29) is 5.91 Å². The van der Waals surface area contributed by atoms with Crippen LogP contribution in [0.1, 0.15) is 12.0 Å². The number of carbonyl (C=O) groups is 1. The van der Waals surface area contributed by atoms with E-state index in [0.29, 0.717) is 30.9 Å². The van der Waals surface area contributed by atoms with Gasteiger partial charge in [-0.25, -0.2) is 0 Å². The first kappa shape index (κ1) is 14.7. The summed E-state index contributed by atoms with van der Waals surface area (Å²) in [6, 6.07) is 6.04. The second kappa shape index (κ2) is 6.67. The van der Waals surface area contributed by atoms with Gasteiger partial charge in [-0.05, 0) is 30.8 Å². The average molecular weight is 293 g/mol. The van der Waals surface area contributed by atoms with Crippen molar-refractivity contribution >= 4 is 29.2 Å². The van der Waals surface area contributed by atoms with Gasteiger partial charge in [0.1, 0.15) is 0 Å². The molecule has 0 saturated carbocycles. The van der Waals surface area contributed by atoms with Crippen molar-refractivity contribution in [1.82, 2.24) is 14.9 Å². The van der Waals surface area contributed by atoms with Gasteiger partial charge in [-0.3, -0.25) is 4.79 Å². The summed E-state index contributed by atoms with van der Waals surface area (Å²) in [6.45, 7) is 3.67. The van der Waals surface area contributed by atoms with Crippen LogP contribution in [0.25, 0.3) is 11.0 Å². The smallest absolute Gasteiger partial charge is 0.221 e. The number of aromatic nitrogens is 2. The van der Waals surface area contributed by atoms with Crippen molar-refractivity contribution in [3.8, 4) is 0 Å². The SMILES string of the molecule is COCCNC(=O)CCn1c(=S)[nH]c2c(C)cccc21. The number of hydrogen-bond donors (Lipinski definition) is 2. The maximum absolute atomic E-state index is 11.7. The van der Waals surface area contributed by atoms with E-state index in [4.69, 9.17) is 17.0 Å². The summed E-state index contributed by atoms with van der Waals surface area (Å²) in [5.74, 6) is 0.00551. The molecular formula is C14H19N3O2S. The zero-order chi connectivity index (χ0) is 14.5. The molecule has 0 bridgehead atoms. The molecule has 0 radical (unpaired) electrons. The molecule has 0 saturated heterocycles. The van der Waals surface area contributed by atoms with Crippen molar-refractivity contribution in [2.24, 2.45) is 0 Å². The summed E-state index contributed by atoms with van der Waals surface area (Å²) in [5.41, 5.74) is 3.23. The van der Waals surface area contributed by atoms with Gasteiger partial charge in [0.25, 0.3) is 0 Å². The van der Waals surface area contributed by atoms with Gasteiger partial charge in [-0.2, -0.15) is 0 Å². The minimum atomic E-state index is 0.00551. The molecule has 6 heteroatoms. The number of nitrogens with zero attached hydrogens (tertiary/aromatic N) is 1. The number of hydrogen-bond acceptors (Lipinski definition) is 3. The average Bonchev–Trinajstić information content (AvgIpc) is 2.74. The lowest BCUT2D eigenvalue weighted by Gasteiger charge is -2.06. The number of rotatable bonds is 6. The number of fused-ring (bicyclic) bond motifs is 1. The summed E-state index contributed by atoms with van der Waals surface area (Å²) in [5, 5.41) is 2.80. The predicted molar refractivity (Wildman–Crippen MR) is 81.4 cm³/mol. The van der Waals surface area contributed by atoms with E-state index in [2.05, 4.69) is 10.3 Å². The first-order chi connectivity index (χ1) is 9.63. The largest absolute Gasteiger partial charge is 0.383 e. The fourth-order valence-corrected chi connectivity index (χ4v) is 2.43. The van der Waals surface area contributed by atoms with Crippen LogP contribution < -0.4 is 5.32 Å². The molecule has 0 spiro atoms. The Morgan fingerprint density at radius 3 is 3.05 bits per heavy atom. The Kier molecular flexibility index (Phi) is 4.92. The van der Waals surface area contributed by atoms with E-state index < -0.39 is 0 Å². The van der Waals surface area contributed by atoms with Crippen molar-refractivity contribution in [2.75, 3.05) is 20.3 Å². The van der Waals surface area contributed by atoms with Gasteiger partial charge in [-0.1, -0.05) is 12.1 Å². The number of imidazole rings is 1.